The average molecular weight is 257 g/mol. The molecule has 0 aliphatic heterocycles. The Morgan fingerprint density at radius 2 is 1.89 bits per heavy atom. The van der Waals surface area contributed by atoms with Crippen LogP contribution in [0.15, 0.2) is 30.3 Å². The molecular formula is C16H23N3. The molecule has 2 unspecified atom stereocenters. The third-order valence-corrected chi connectivity index (χ3v) is 3.98. The van der Waals surface area contributed by atoms with Crippen LogP contribution in [-0.4, -0.2) is 18.6 Å². The fourth-order valence-electron chi connectivity index (χ4n) is 2.98. The third kappa shape index (κ3) is 3.71. The maximum absolute atomic E-state index is 8.87. The van der Waals surface area contributed by atoms with Gasteiger partial charge in [0.15, 0.2) is 0 Å². The summed E-state index contributed by atoms with van der Waals surface area (Å²) in [6.07, 6.45) is 6.55. The van der Waals surface area contributed by atoms with Crippen LogP contribution in [0.3, 0.4) is 0 Å². The Kier molecular flexibility index (Phi) is 5.23. The lowest BCUT2D eigenvalue weighted by molar-refractivity contribution is 0.463. The maximum Gasteiger partial charge on any atom is 0.0640 e. The van der Waals surface area contributed by atoms with E-state index in [1.165, 1.54) is 24.9 Å². The van der Waals surface area contributed by atoms with Crippen LogP contribution in [0.5, 0.6) is 0 Å². The Morgan fingerprint density at radius 1 is 1.16 bits per heavy atom. The van der Waals surface area contributed by atoms with Crippen LogP contribution in [-0.2, 0) is 0 Å². The Bertz CT molecular complexity index is 410. The number of rotatable bonds is 4. The predicted molar refractivity (Wildman–Crippen MR) is 78.9 cm³/mol. The van der Waals surface area contributed by atoms with Gasteiger partial charge in [0, 0.05) is 24.3 Å². The second kappa shape index (κ2) is 7.16. The van der Waals surface area contributed by atoms with Gasteiger partial charge in [0.1, 0.15) is 0 Å². The minimum Gasteiger partial charge on any atom is -0.366 e. The van der Waals surface area contributed by atoms with E-state index in [0.29, 0.717) is 12.5 Å². The summed E-state index contributed by atoms with van der Waals surface area (Å²) in [6.45, 7) is 0.777. The molecule has 1 aromatic rings. The molecule has 2 atom stereocenters. The zero-order chi connectivity index (χ0) is 13.5. The van der Waals surface area contributed by atoms with Crippen LogP contribution < -0.4 is 10.6 Å². The summed E-state index contributed by atoms with van der Waals surface area (Å²) in [6, 6.07) is 13.2. The van der Waals surface area contributed by atoms with E-state index in [2.05, 4.69) is 35.2 Å². The van der Waals surface area contributed by atoms with E-state index >= 15 is 0 Å². The summed E-state index contributed by atoms with van der Waals surface area (Å²) in [5.74, 6) is 0. The molecule has 102 valence electrons. The molecule has 2 N–H and O–H groups in total. The molecule has 1 aliphatic carbocycles. The smallest absolute Gasteiger partial charge is 0.0640 e. The number of nitrogens with zero attached hydrogens (tertiary/aromatic N) is 2. The number of benzene rings is 1. The number of nitrogens with two attached hydrogens (primary N) is 1. The summed E-state index contributed by atoms with van der Waals surface area (Å²) in [7, 11) is 0. The van der Waals surface area contributed by atoms with E-state index in [-0.39, 0.29) is 6.04 Å². The van der Waals surface area contributed by atoms with Gasteiger partial charge < -0.3 is 10.6 Å². The Labute approximate surface area is 116 Å². The summed E-state index contributed by atoms with van der Waals surface area (Å²) in [5.41, 5.74) is 7.56. The van der Waals surface area contributed by atoms with Gasteiger partial charge in [-0.15, -0.1) is 0 Å². The van der Waals surface area contributed by atoms with Gasteiger partial charge in [-0.3, -0.25) is 0 Å². The normalized spacial score (nSPS) is 23.4. The first kappa shape index (κ1) is 13.9. The standard InChI is InChI=1S/C16H23N3/c17-12-7-13-19(14-8-3-1-4-9-14)16-11-6-2-5-10-15(16)18/h1,3-4,8-9,15-16H,2,5-7,10-11,13,18H2. The summed E-state index contributed by atoms with van der Waals surface area (Å²) in [4.78, 5) is 2.35. The highest BCUT2D eigenvalue weighted by Gasteiger charge is 2.26. The highest BCUT2D eigenvalue weighted by molar-refractivity contribution is 5.47. The molecule has 3 heteroatoms. The zero-order valence-electron chi connectivity index (χ0n) is 11.5. The topological polar surface area (TPSA) is 53.0 Å². The van der Waals surface area contributed by atoms with Crippen molar-refractivity contribution in [1.82, 2.24) is 0 Å². The second-order valence-corrected chi connectivity index (χ2v) is 5.31. The molecule has 0 spiro atoms. The summed E-state index contributed by atoms with van der Waals surface area (Å²) >= 11 is 0. The quantitative estimate of drug-likeness (QED) is 0.843. The lowest BCUT2D eigenvalue weighted by Crippen LogP contribution is -2.48. The lowest BCUT2D eigenvalue weighted by Gasteiger charge is -2.36. The first-order valence-corrected chi connectivity index (χ1v) is 7.27. The first-order valence-electron chi connectivity index (χ1n) is 7.27. The molecule has 0 heterocycles. The zero-order valence-corrected chi connectivity index (χ0v) is 11.5. The molecule has 1 aromatic carbocycles. The van der Waals surface area contributed by atoms with Crippen molar-refractivity contribution in [2.75, 3.05) is 11.4 Å². The van der Waals surface area contributed by atoms with E-state index in [1.54, 1.807) is 0 Å². The van der Waals surface area contributed by atoms with Gasteiger partial charge >= 0.3 is 0 Å². The molecule has 2 rings (SSSR count). The molecule has 0 amide bonds. The van der Waals surface area contributed by atoms with Crippen molar-refractivity contribution in [3.63, 3.8) is 0 Å². The number of para-hydroxylation sites is 1. The maximum atomic E-state index is 8.87. The van der Waals surface area contributed by atoms with E-state index in [1.807, 2.05) is 6.07 Å². The van der Waals surface area contributed by atoms with Crippen LogP contribution >= 0.6 is 0 Å². The summed E-state index contributed by atoms with van der Waals surface area (Å²) < 4.78 is 0. The van der Waals surface area contributed by atoms with Crippen molar-refractivity contribution in [2.24, 2.45) is 5.73 Å². The molecule has 0 bridgehead atoms. The van der Waals surface area contributed by atoms with E-state index in [9.17, 15) is 0 Å². The Hall–Kier alpha value is -1.53. The lowest BCUT2D eigenvalue weighted by atomic mass is 10.0. The monoisotopic (exact) mass is 257 g/mol. The Morgan fingerprint density at radius 3 is 2.63 bits per heavy atom. The highest BCUT2D eigenvalue weighted by Crippen LogP contribution is 2.26. The van der Waals surface area contributed by atoms with Crippen molar-refractivity contribution in [3.8, 4) is 6.07 Å². The van der Waals surface area contributed by atoms with Crippen molar-refractivity contribution >= 4 is 5.69 Å². The van der Waals surface area contributed by atoms with Crippen molar-refractivity contribution in [2.45, 2.75) is 50.6 Å². The second-order valence-electron chi connectivity index (χ2n) is 5.31. The minimum absolute atomic E-state index is 0.224. The molecule has 1 saturated carbocycles. The van der Waals surface area contributed by atoms with Gasteiger partial charge in [0.2, 0.25) is 0 Å². The van der Waals surface area contributed by atoms with Gasteiger partial charge in [-0.25, -0.2) is 0 Å². The molecule has 1 aliphatic rings. The minimum atomic E-state index is 0.224. The van der Waals surface area contributed by atoms with E-state index in [4.69, 9.17) is 11.0 Å². The van der Waals surface area contributed by atoms with Crippen LogP contribution in [0, 0.1) is 11.3 Å². The van der Waals surface area contributed by atoms with Crippen LogP contribution in [0.4, 0.5) is 5.69 Å². The predicted octanol–water partition coefficient (Wildman–Crippen LogP) is 3.07. The number of hydrogen-bond acceptors (Lipinski definition) is 3. The van der Waals surface area contributed by atoms with Gasteiger partial charge in [0.05, 0.1) is 12.5 Å². The fraction of sp³-hybridized carbons (Fsp3) is 0.562. The van der Waals surface area contributed by atoms with Crippen LogP contribution in [0.1, 0.15) is 38.5 Å². The van der Waals surface area contributed by atoms with Crippen molar-refractivity contribution in [3.05, 3.63) is 30.3 Å². The van der Waals surface area contributed by atoms with Gasteiger partial charge in [-0.05, 0) is 25.0 Å². The van der Waals surface area contributed by atoms with E-state index < -0.39 is 0 Å². The SMILES string of the molecule is N#CCCN(c1ccccc1)C1CCCCCC1N. The molecule has 1 fully saturated rings. The van der Waals surface area contributed by atoms with E-state index in [0.717, 1.165) is 19.4 Å². The third-order valence-electron chi connectivity index (χ3n) is 3.98. The molecule has 0 aromatic heterocycles. The van der Waals surface area contributed by atoms with Crippen molar-refractivity contribution < 1.29 is 0 Å². The number of nitriles is 1. The fourth-order valence-corrected chi connectivity index (χ4v) is 2.98. The largest absolute Gasteiger partial charge is 0.366 e. The molecule has 0 radical (unpaired) electrons. The van der Waals surface area contributed by atoms with Gasteiger partial charge in [0.25, 0.3) is 0 Å². The molecule has 3 nitrogen and oxygen atoms in total. The molecule has 0 saturated heterocycles. The summed E-state index contributed by atoms with van der Waals surface area (Å²) in [5, 5.41) is 8.87. The van der Waals surface area contributed by atoms with Gasteiger partial charge in [-0.2, -0.15) is 5.26 Å². The highest BCUT2D eigenvalue weighted by atomic mass is 15.2. The Balaban J connectivity index is 2.18. The van der Waals surface area contributed by atoms with Crippen LogP contribution in [0.25, 0.3) is 0 Å². The number of hydrogen-bond donors (Lipinski definition) is 1. The molecular weight excluding hydrogens is 234 g/mol. The first-order chi connectivity index (χ1) is 9.33. The van der Waals surface area contributed by atoms with Crippen molar-refractivity contribution in [1.29, 1.82) is 5.26 Å². The van der Waals surface area contributed by atoms with Gasteiger partial charge in [-0.1, -0.05) is 37.5 Å². The average Bonchev–Trinajstić information content (AvgIpc) is 2.66. The van der Waals surface area contributed by atoms with Crippen LogP contribution in [0.2, 0.25) is 0 Å². The number of anilines is 1. The molecule has 19 heavy (non-hydrogen) atoms.